The molecule has 1 saturated heterocycles. The minimum atomic E-state index is 1.20. The van der Waals surface area contributed by atoms with Crippen LogP contribution >= 0.6 is 0 Å². The maximum atomic E-state index is 2.58. The largest absolute Gasteiger partial charge is 0.303 e. The van der Waals surface area contributed by atoms with E-state index in [0.29, 0.717) is 0 Å². The smallest absolute Gasteiger partial charge is 0.00188 e. The lowest BCUT2D eigenvalue weighted by atomic mass is 10.1. The molecule has 0 radical (unpaired) electrons. The Labute approximate surface area is 74.8 Å². The Morgan fingerprint density at radius 2 is 2.08 bits per heavy atom. The summed E-state index contributed by atoms with van der Waals surface area (Å²) in [4.78, 5) is 2.58. The molecule has 0 bridgehead atoms. The highest BCUT2D eigenvalue weighted by atomic mass is 15.1. The highest BCUT2D eigenvalue weighted by Crippen LogP contribution is 2.16. The topological polar surface area (TPSA) is 3.24 Å². The second-order valence-electron chi connectivity index (χ2n) is 3.76. The van der Waals surface area contributed by atoms with Crippen LogP contribution in [-0.4, -0.2) is 24.5 Å². The molecule has 0 saturated carbocycles. The van der Waals surface area contributed by atoms with E-state index in [-0.39, 0.29) is 0 Å². The van der Waals surface area contributed by atoms with Gasteiger partial charge in [-0.15, -0.1) is 0 Å². The van der Waals surface area contributed by atoms with Gasteiger partial charge in [0.05, 0.1) is 0 Å². The second kappa shape index (κ2) is 3.90. The highest BCUT2D eigenvalue weighted by molar-refractivity contribution is 5.22. The molecule has 1 heteroatoms. The molecule has 0 unspecified atom stereocenters. The molecule has 0 aromatic rings. The van der Waals surface area contributed by atoms with Crippen LogP contribution in [0.4, 0.5) is 0 Å². The first-order valence-electron chi connectivity index (χ1n) is 5.02. The Kier molecular flexibility index (Phi) is 2.62. The first-order chi connectivity index (χ1) is 5.95. The first-order valence-corrected chi connectivity index (χ1v) is 5.02. The van der Waals surface area contributed by atoms with Crippen LogP contribution in [0, 0.1) is 0 Å². The molecule has 0 amide bonds. The predicted molar refractivity (Wildman–Crippen MR) is 52.1 cm³/mol. The van der Waals surface area contributed by atoms with Crippen molar-refractivity contribution in [2.24, 2.45) is 0 Å². The van der Waals surface area contributed by atoms with Crippen LogP contribution in [0.5, 0.6) is 0 Å². The Morgan fingerprint density at radius 3 is 2.75 bits per heavy atom. The van der Waals surface area contributed by atoms with Gasteiger partial charge < -0.3 is 4.90 Å². The maximum absolute atomic E-state index is 2.58. The van der Waals surface area contributed by atoms with Gasteiger partial charge in [0, 0.05) is 6.54 Å². The van der Waals surface area contributed by atoms with Gasteiger partial charge in [0.1, 0.15) is 0 Å². The van der Waals surface area contributed by atoms with E-state index in [1.54, 1.807) is 5.57 Å². The number of allylic oxidation sites excluding steroid dienone is 3. The SMILES string of the molecule is C1=CCC(CCN2CCCC2)=C1. The van der Waals surface area contributed by atoms with Gasteiger partial charge in [0.15, 0.2) is 0 Å². The molecule has 0 spiro atoms. The van der Waals surface area contributed by atoms with Crippen molar-refractivity contribution in [1.29, 1.82) is 0 Å². The van der Waals surface area contributed by atoms with E-state index in [9.17, 15) is 0 Å². The quantitative estimate of drug-likeness (QED) is 0.617. The molecule has 1 heterocycles. The van der Waals surface area contributed by atoms with E-state index in [1.165, 1.54) is 45.3 Å². The fourth-order valence-corrected chi connectivity index (χ4v) is 1.98. The van der Waals surface area contributed by atoms with Crippen molar-refractivity contribution < 1.29 is 0 Å². The standard InChI is InChI=1S/C11H17N/c1-2-6-11(5-1)7-10-12-8-3-4-9-12/h1-2,5H,3-4,6-10H2. The van der Waals surface area contributed by atoms with Crippen molar-refractivity contribution in [1.82, 2.24) is 4.90 Å². The molecule has 66 valence electrons. The lowest BCUT2D eigenvalue weighted by Gasteiger charge is -2.14. The predicted octanol–water partition coefficient (Wildman–Crippen LogP) is 2.36. The van der Waals surface area contributed by atoms with Gasteiger partial charge in [-0.25, -0.2) is 0 Å². The Balaban J connectivity index is 1.67. The Bertz CT molecular complexity index is 197. The number of nitrogens with zero attached hydrogens (tertiary/aromatic N) is 1. The van der Waals surface area contributed by atoms with Crippen molar-refractivity contribution in [2.45, 2.75) is 25.7 Å². The van der Waals surface area contributed by atoms with Crippen LogP contribution < -0.4 is 0 Å². The summed E-state index contributed by atoms with van der Waals surface area (Å²) < 4.78 is 0. The third-order valence-electron chi connectivity index (χ3n) is 2.80. The van der Waals surface area contributed by atoms with Crippen LogP contribution in [0.25, 0.3) is 0 Å². The molecular weight excluding hydrogens is 146 g/mol. The molecular formula is C11H17N. The third-order valence-corrected chi connectivity index (χ3v) is 2.80. The zero-order valence-corrected chi connectivity index (χ0v) is 7.63. The molecule has 2 aliphatic rings. The summed E-state index contributed by atoms with van der Waals surface area (Å²) in [6.07, 6.45) is 12.0. The molecule has 12 heavy (non-hydrogen) atoms. The Morgan fingerprint density at radius 1 is 1.25 bits per heavy atom. The van der Waals surface area contributed by atoms with Crippen LogP contribution in [0.3, 0.4) is 0 Å². The fraction of sp³-hybridized carbons (Fsp3) is 0.636. The lowest BCUT2D eigenvalue weighted by Crippen LogP contribution is -2.20. The molecule has 1 aliphatic carbocycles. The van der Waals surface area contributed by atoms with Crippen molar-refractivity contribution >= 4 is 0 Å². The van der Waals surface area contributed by atoms with Gasteiger partial charge in [-0.2, -0.15) is 0 Å². The third kappa shape index (κ3) is 1.98. The van der Waals surface area contributed by atoms with Crippen LogP contribution in [0.1, 0.15) is 25.7 Å². The average Bonchev–Trinajstić information content (AvgIpc) is 2.74. The van der Waals surface area contributed by atoms with Gasteiger partial charge in [0.2, 0.25) is 0 Å². The van der Waals surface area contributed by atoms with E-state index in [1.807, 2.05) is 0 Å². The average molecular weight is 163 g/mol. The number of hydrogen-bond donors (Lipinski definition) is 0. The van der Waals surface area contributed by atoms with E-state index < -0.39 is 0 Å². The van der Waals surface area contributed by atoms with Crippen LogP contribution in [0.15, 0.2) is 23.8 Å². The summed E-state index contributed by atoms with van der Waals surface area (Å²) in [5, 5.41) is 0. The molecule has 0 aromatic carbocycles. The van der Waals surface area contributed by atoms with Crippen LogP contribution in [0.2, 0.25) is 0 Å². The van der Waals surface area contributed by atoms with Gasteiger partial charge in [-0.3, -0.25) is 0 Å². The first kappa shape index (κ1) is 8.06. The summed E-state index contributed by atoms with van der Waals surface area (Å²) in [6, 6.07) is 0. The fourth-order valence-electron chi connectivity index (χ4n) is 1.98. The number of likely N-dealkylation sites (tertiary alicyclic amines) is 1. The second-order valence-corrected chi connectivity index (χ2v) is 3.76. The number of rotatable bonds is 3. The monoisotopic (exact) mass is 163 g/mol. The van der Waals surface area contributed by atoms with Gasteiger partial charge in [-0.1, -0.05) is 23.8 Å². The Hall–Kier alpha value is -0.560. The molecule has 1 nitrogen and oxygen atoms in total. The minimum absolute atomic E-state index is 1.20. The summed E-state index contributed by atoms with van der Waals surface area (Å²) in [5.41, 5.74) is 1.61. The van der Waals surface area contributed by atoms with Crippen molar-refractivity contribution in [3.8, 4) is 0 Å². The zero-order chi connectivity index (χ0) is 8.23. The van der Waals surface area contributed by atoms with Gasteiger partial charge >= 0.3 is 0 Å². The summed E-state index contributed by atoms with van der Waals surface area (Å²) in [6.45, 7) is 3.95. The summed E-state index contributed by atoms with van der Waals surface area (Å²) in [5.74, 6) is 0. The van der Waals surface area contributed by atoms with Crippen molar-refractivity contribution in [2.75, 3.05) is 19.6 Å². The van der Waals surface area contributed by atoms with E-state index >= 15 is 0 Å². The highest BCUT2D eigenvalue weighted by Gasteiger charge is 2.11. The summed E-state index contributed by atoms with van der Waals surface area (Å²) >= 11 is 0. The van der Waals surface area contributed by atoms with Gasteiger partial charge in [-0.05, 0) is 38.8 Å². The lowest BCUT2D eigenvalue weighted by molar-refractivity contribution is 0.342. The molecule has 2 rings (SSSR count). The van der Waals surface area contributed by atoms with E-state index in [2.05, 4.69) is 23.1 Å². The molecule has 0 aromatic heterocycles. The van der Waals surface area contributed by atoms with Crippen molar-refractivity contribution in [3.63, 3.8) is 0 Å². The van der Waals surface area contributed by atoms with Gasteiger partial charge in [0.25, 0.3) is 0 Å². The number of hydrogen-bond acceptors (Lipinski definition) is 1. The van der Waals surface area contributed by atoms with E-state index in [4.69, 9.17) is 0 Å². The summed E-state index contributed by atoms with van der Waals surface area (Å²) in [7, 11) is 0. The zero-order valence-electron chi connectivity index (χ0n) is 7.63. The molecule has 1 fully saturated rings. The van der Waals surface area contributed by atoms with E-state index in [0.717, 1.165) is 0 Å². The van der Waals surface area contributed by atoms with Crippen molar-refractivity contribution in [3.05, 3.63) is 23.8 Å². The maximum Gasteiger partial charge on any atom is 0.00188 e. The normalized spacial score (nSPS) is 23.5. The molecule has 0 N–H and O–H groups in total. The molecule has 1 aliphatic heterocycles. The van der Waals surface area contributed by atoms with Crippen LogP contribution in [-0.2, 0) is 0 Å². The molecule has 0 atom stereocenters. The minimum Gasteiger partial charge on any atom is -0.303 e.